The summed E-state index contributed by atoms with van der Waals surface area (Å²) in [7, 11) is 1.60. The molecule has 2 aromatic heterocycles. The van der Waals surface area contributed by atoms with Gasteiger partial charge in [0.05, 0.1) is 49.9 Å². The Labute approximate surface area is 424 Å². The van der Waals surface area contributed by atoms with Crippen molar-refractivity contribution in [1.82, 2.24) is 29.5 Å². The molecular weight excluding hydrogens is 998 g/mol. The summed E-state index contributed by atoms with van der Waals surface area (Å²) >= 11 is 24.7. The summed E-state index contributed by atoms with van der Waals surface area (Å²) in [6.07, 6.45) is 2.58. The normalized spacial score (nSPS) is 10.7. The van der Waals surface area contributed by atoms with Crippen molar-refractivity contribution in [2.45, 2.75) is 6.61 Å². The summed E-state index contributed by atoms with van der Waals surface area (Å²) in [4.78, 5) is 33.4. The Balaban J connectivity index is 0.000000197. The number of nitrogens with zero attached hydrogens (tertiary/aromatic N) is 8. The number of carbonyl (C=O) groups excluding carboxylic acids is 2. The van der Waals surface area contributed by atoms with Gasteiger partial charge in [-0.25, -0.2) is 19.3 Å². The third-order valence-corrected chi connectivity index (χ3v) is 11.1. The summed E-state index contributed by atoms with van der Waals surface area (Å²) < 4.78 is 25.0. The van der Waals surface area contributed by atoms with Gasteiger partial charge in [0, 0.05) is 0 Å². The van der Waals surface area contributed by atoms with Crippen molar-refractivity contribution in [1.29, 1.82) is 0 Å². The smallest absolute Gasteiger partial charge is 0.321 e. The van der Waals surface area contributed by atoms with Crippen molar-refractivity contribution in [3.05, 3.63) is 208 Å². The molecule has 3 N–H and O–H groups in total. The zero-order valence-corrected chi connectivity index (χ0v) is 39.8. The third kappa shape index (κ3) is 12.2. The van der Waals surface area contributed by atoms with Gasteiger partial charge < -0.3 is 24.1 Å². The number of halogens is 4. The lowest BCUT2D eigenvalue weighted by Crippen LogP contribution is -2.28. The summed E-state index contributed by atoms with van der Waals surface area (Å²) in [5, 5.41) is 40.1. The quantitative estimate of drug-likeness (QED) is 0.0687. The van der Waals surface area contributed by atoms with Gasteiger partial charge in [0.15, 0.2) is 11.5 Å². The monoisotopic (exact) mass is 1030 g/mol. The van der Waals surface area contributed by atoms with Gasteiger partial charge in [-0.1, -0.05) is 94.9 Å². The molecule has 0 spiro atoms. The fourth-order valence-electron chi connectivity index (χ4n) is 6.33. The van der Waals surface area contributed by atoms with Gasteiger partial charge in [-0.05, 0) is 115 Å². The van der Waals surface area contributed by atoms with Crippen LogP contribution >= 0.6 is 46.4 Å². The van der Waals surface area contributed by atoms with Crippen molar-refractivity contribution in [2.24, 2.45) is 0 Å². The molecule has 0 fully saturated rings. The van der Waals surface area contributed by atoms with Gasteiger partial charge in [-0.2, -0.15) is 10.1 Å². The first kappa shape index (κ1) is 49.3. The Morgan fingerprint density at radius 1 is 0.535 bits per heavy atom. The Kier molecular flexibility index (Phi) is 15.6. The number of phenols is 1. The van der Waals surface area contributed by atoms with Crippen LogP contribution in [0.2, 0.25) is 20.1 Å². The molecule has 0 unspecified atom stereocenters. The van der Waals surface area contributed by atoms with Crippen LogP contribution in [0, 0.1) is 0 Å². The zero-order chi connectivity index (χ0) is 50.0. The number of carbonyl (C=O) groups is 2. The molecule has 71 heavy (non-hydrogen) atoms. The number of ether oxygens (including phenoxy) is 4. The number of para-hydroxylation sites is 2. The second-order valence-corrected chi connectivity index (χ2v) is 16.3. The van der Waals surface area contributed by atoms with E-state index in [0.717, 1.165) is 11.3 Å². The minimum absolute atomic E-state index is 0.0208. The van der Waals surface area contributed by atoms with E-state index in [1.165, 1.54) is 58.4 Å². The maximum absolute atomic E-state index is 12.8. The fourth-order valence-corrected chi connectivity index (χ4v) is 7.39. The molecule has 0 saturated heterocycles. The molecule has 2 heterocycles. The second kappa shape index (κ2) is 22.5. The van der Waals surface area contributed by atoms with Crippen LogP contribution in [0.4, 0.5) is 11.4 Å². The Morgan fingerprint density at radius 3 is 1.32 bits per heavy atom. The first-order chi connectivity index (χ1) is 34.3. The molecular formula is C50H36Cl4N8O9. The molecule has 358 valence electrons. The molecule has 2 amide bonds. The number of benzene rings is 7. The summed E-state index contributed by atoms with van der Waals surface area (Å²) in [6, 6.07) is 44.5. The lowest BCUT2D eigenvalue weighted by Gasteiger charge is -2.14. The summed E-state index contributed by atoms with van der Waals surface area (Å²) in [6.45, 7) is 0.246. The second-order valence-electron chi connectivity index (χ2n) is 14.7. The standard InChI is InChI=1S/C29H22Cl2N4O5.C21H14Cl2N4O4/c1-38-22-11-7-19(8-12-22)17-39-27-25(30)15-21(16-26(27)31)34-18-32-28(33-34)29(36)35(37)20-9-13-24(14-10-20)40-23-5-3-2-4-6-23;22-17-10-14(11-18(23)19(17)28)26-12-24-20(25-26)21(29)27(30)13-6-8-16(9-7-13)31-15-4-2-1-3-5-15/h2-16,18,37H,17H2,1H3;1-12,28,30H. The van der Waals surface area contributed by atoms with Crippen LogP contribution in [0.25, 0.3) is 11.4 Å². The van der Waals surface area contributed by atoms with Crippen molar-refractivity contribution in [3.63, 3.8) is 0 Å². The van der Waals surface area contributed by atoms with Gasteiger partial charge in [0.25, 0.3) is 0 Å². The van der Waals surface area contributed by atoms with Gasteiger partial charge >= 0.3 is 11.8 Å². The van der Waals surface area contributed by atoms with Gasteiger partial charge in [0.1, 0.15) is 48.0 Å². The number of anilines is 2. The van der Waals surface area contributed by atoms with E-state index >= 15 is 0 Å². The average Bonchev–Trinajstić information content (AvgIpc) is 4.10. The number of amides is 2. The molecule has 0 atom stereocenters. The molecule has 9 aromatic rings. The Morgan fingerprint density at radius 2 is 0.915 bits per heavy atom. The van der Waals surface area contributed by atoms with Crippen LogP contribution < -0.4 is 29.1 Å². The van der Waals surface area contributed by atoms with E-state index in [9.17, 15) is 25.1 Å². The van der Waals surface area contributed by atoms with Crippen LogP contribution in [0.15, 0.2) is 170 Å². The predicted octanol–water partition coefficient (Wildman–Crippen LogP) is 12.1. The third-order valence-electron chi connectivity index (χ3n) is 9.93. The molecule has 0 bridgehead atoms. The topological polar surface area (TPSA) is 200 Å². The molecule has 21 heteroatoms. The highest BCUT2D eigenvalue weighted by Crippen LogP contribution is 2.37. The van der Waals surface area contributed by atoms with Crippen LogP contribution in [0.1, 0.15) is 26.8 Å². The van der Waals surface area contributed by atoms with Gasteiger partial charge in [-0.3, -0.25) is 20.0 Å². The molecule has 0 saturated carbocycles. The largest absolute Gasteiger partial charge is 0.505 e. The van der Waals surface area contributed by atoms with Gasteiger partial charge in [0.2, 0.25) is 11.6 Å². The summed E-state index contributed by atoms with van der Waals surface area (Å²) in [5.74, 6) is 1.04. The first-order valence-corrected chi connectivity index (χ1v) is 22.3. The fraction of sp³-hybridized carbons (Fsp3) is 0.0400. The number of hydrogen-bond donors (Lipinski definition) is 3. The van der Waals surface area contributed by atoms with Crippen LogP contribution in [-0.4, -0.2) is 64.0 Å². The van der Waals surface area contributed by atoms with E-state index in [4.69, 9.17) is 65.4 Å². The molecule has 0 aliphatic rings. The highest BCUT2D eigenvalue weighted by Gasteiger charge is 2.23. The number of hydrogen-bond acceptors (Lipinski definition) is 13. The molecule has 9 rings (SSSR count). The molecule has 0 aliphatic heterocycles. The minimum atomic E-state index is -0.841. The lowest BCUT2D eigenvalue weighted by atomic mass is 10.2. The molecule has 17 nitrogen and oxygen atoms in total. The number of hydroxylamine groups is 2. The van der Waals surface area contributed by atoms with Crippen molar-refractivity contribution in [2.75, 3.05) is 17.2 Å². The number of aromatic nitrogens is 6. The SMILES string of the molecule is COc1ccc(COc2c(Cl)cc(-n3cnc(C(=O)N(O)c4ccc(Oc5ccccc5)cc4)n3)cc2Cl)cc1.O=C(c1ncn(-c2cc(Cl)c(O)c(Cl)c2)n1)N(O)c1ccc(Oc2ccccc2)cc1. The predicted molar refractivity (Wildman–Crippen MR) is 265 cm³/mol. The number of methoxy groups -OCH3 is 1. The van der Waals surface area contributed by atoms with E-state index in [-0.39, 0.29) is 55.5 Å². The van der Waals surface area contributed by atoms with E-state index < -0.39 is 11.8 Å². The minimum Gasteiger partial charge on any atom is -0.505 e. The van der Waals surface area contributed by atoms with Crippen LogP contribution in [0.3, 0.4) is 0 Å². The van der Waals surface area contributed by atoms with E-state index in [0.29, 0.717) is 50.2 Å². The highest BCUT2D eigenvalue weighted by atomic mass is 35.5. The van der Waals surface area contributed by atoms with Crippen molar-refractivity contribution < 1.29 is 44.1 Å². The van der Waals surface area contributed by atoms with Crippen LogP contribution in [-0.2, 0) is 6.61 Å². The lowest BCUT2D eigenvalue weighted by molar-refractivity contribution is 0.0839. The molecule has 0 radical (unpaired) electrons. The average molecular weight is 1030 g/mol. The highest BCUT2D eigenvalue weighted by molar-refractivity contribution is 6.38. The van der Waals surface area contributed by atoms with E-state index in [2.05, 4.69) is 20.2 Å². The molecule has 0 aliphatic carbocycles. The number of phenolic OH excluding ortho intramolecular Hbond substituents is 1. The van der Waals surface area contributed by atoms with Gasteiger partial charge in [-0.15, -0.1) is 10.2 Å². The van der Waals surface area contributed by atoms with E-state index in [1.54, 1.807) is 43.5 Å². The Bertz CT molecular complexity index is 3230. The first-order valence-electron chi connectivity index (χ1n) is 20.8. The Hall–Kier alpha value is -8.16. The zero-order valence-electron chi connectivity index (χ0n) is 36.8. The van der Waals surface area contributed by atoms with E-state index in [1.807, 2.05) is 84.9 Å². The maximum atomic E-state index is 12.8. The van der Waals surface area contributed by atoms with Crippen LogP contribution in [0.5, 0.6) is 40.2 Å². The van der Waals surface area contributed by atoms with Crippen molar-refractivity contribution >= 4 is 69.6 Å². The number of aromatic hydroxyl groups is 1. The summed E-state index contributed by atoms with van der Waals surface area (Å²) in [5.41, 5.74) is 2.16. The van der Waals surface area contributed by atoms with Crippen molar-refractivity contribution in [3.8, 4) is 51.6 Å². The maximum Gasteiger partial charge on any atom is 0.321 e. The number of rotatable bonds is 14. The molecule has 7 aromatic carbocycles.